The van der Waals surface area contributed by atoms with Crippen LogP contribution >= 0.6 is 0 Å². The van der Waals surface area contributed by atoms with E-state index >= 15 is 0 Å². The fourth-order valence-electron chi connectivity index (χ4n) is 2.56. The van der Waals surface area contributed by atoms with Crippen molar-refractivity contribution in [1.29, 1.82) is 0 Å². The van der Waals surface area contributed by atoms with E-state index in [0.717, 1.165) is 12.8 Å². The van der Waals surface area contributed by atoms with Crippen molar-refractivity contribution < 1.29 is 9.00 Å². The van der Waals surface area contributed by atoms with Gasteiger partial charge in [-0.05, 0) is 18.4 Å². The molecule has 0 spiro atoms. The summed E-state index contributed by atoms with van der Waals surface area (Å²) in [7, 11) is -1.25. The second-order valence-corrected chi connectivity index (χ2v) is 6.89. The number of aromatic nitrogens is 3. The molecule has 6 nitrogen and oxygen atoms in total. The van der Waals surface area contributed by atoms with Crippen LogP contribution < -0.4 is 5.32 Å². The van der Waals surface area contributed by atoms with E-state index in [1.54, 1.807) is 0 Å². The first kappa shape index (κ1) is 14.9. The zero-order valence-corrected chi connectivity index (χ0v) is 13.2. The van der Waals surface area contributed by atoms with Gasteiger partial charge in [0.25, 0.3) is 0 Å². The molecule has 1 N–H and O–H groups in total. The summed E-state index contributed by atoms with van der Waals surface area (Å²) in [5.41, 5.74) is 1.36. The molecule has 0 unspecified atom stereocenters. The highest BCUT2D eigenvalue weighted by Crippen LogP contribution is 2.47. The Labute approximate surface area is 131 Å². The minimum atomic E-state index is -1.25. The standard InChI is InChI=1S/C15H18N4O2S/c1-22(21)14-18-17-11-19(14)9-13(20)16-10-15(7-8-15)12-5-3-2-4-6-12/h2-6,11H,7-10H2,1H3,(H,16,20)/t22-/m1/s1. The van der Waals surface area contributed by atoms with Gasteiger partial charge in [0.05, 0.1) is 10.8 Å². The summed E-state index contributed by atoms with van der Waals surface area (Å²) < 4.78 is 13.0. The van der Waals surface area contributed by atoms with E-state index in [1.807, 2.05) is 18.2 Å². The van der Waals surface area contributed by atoms with Crippen LogP contribution in [0.5, 0.6) is 0 Å². The lowest BCUT2D eigenvalue weighted by Gasteiger charge is -2.16. The molecule has 1 aromatic heterocycles. The van der Waals surface area contributed by atoms with Crippen LogP contribution in [0.3, 0.4) is 0 Å². The average Bonchev–Trinajstić information content (AvgIpc) is 3.18. The van der Waals surface area contributed by atoms with Gasteiger partial charge in [0.1, 0.15) is 12.9 Å². The number of carbonyl (C=O) groups is 1. The van der Waals surface area contributed by atoms with Crippen LogP contribution in [0, 0.1) is 0 Å². The lowest BCUT2D eigenvalue weighted by molar-refractivity contribution is -0.121. The van der Waals surface area contributed by atoms with Gasteiger partial charge in [-0.25, -0.2) is 0 Å². The summed E-state index contributed by atoms with van der Waals surface area (Å²) in [6, 6.07) is 10.3. The van der Waals surface area contributed by atoms with Crippen LogP contribution in [0.4, 0.5) is 0 Å². The molecule has 3 rings (SSSR count). The number of nitrogens with one attached hydrogen (secondary N) is 1. The molecule has 0 radical (unpaired) electrons. The van der Waals surface area contributed by atoms with E-state index in [4.69, 9.17) is 0 Å². The smallest absolute Gasteiger partial charge is 0.240 e. The third-order valence-corrected chi connectivity index (χ3v) is 4.85. The Hall–Kier alpha value is -2.02. The van der Waals surface area contributed by atoms with E-state index in [1.165, 1.54) is 22.7 Å². The Bertz CT molecular complexity index is 695. The fourth-order valence-corrected chi connectivity index (χ4v) is 3.17. The Kier molecular flexibility index (Phi) is 4.06. The quantitative estimate of drug-likeness (QED) is 0.857. The third kappa shape index (κ3) is 3.09. The molecule has 1 atom stereocenters. The predicted molar refractivity (Wildman–Crippen MR) is 82.7 cm³/mol. The molecule has 2 aromatic rings. The van der Waals surface area contributed by atoms with Crippen LogP contribution in [-0.2, 0) is 27.6 Å². The lowest BCUT2D eigenvalue weighted by Crippen LogP contribution is -2.34. The Morgan fingerprint density at radius 1 is 1.36 bits per heavy atom. The monoisotopic (exact) mass is 318 g/mol. The maximum Gasteiger partial charge on any atom is 0.240 e. The van der Waals surface area contributed by atoms with Crippen molar-refractivity contribution in [2.45, 2.75) is 30.0 Å². The van der Waals surface area contributed by atoms with Crippen LogP contribution in [0.1, 0.15) is 18.4 Å². The molecule has 0 bridgehead atoms. The highest BCUT2D eigenvalue weighted by molar-refractivity contribution is 7.84. The molecule has 1 amide bonds. The average molecular weight is 318 g/mol. The summed E-state index contributed by atoms with van der Waals surface area (Å²) in [4.78, 5) is 12.1. The van der Waals surface area contributed by atoms with Crippen molar-refractivity contribution in [1.82, 2.24) is 20.1 Å². The molecule has 7 heteroatoms. The van der Waals surface area contributed by atoms with Gasteiger partial charge in [0.15, 0.2) is 0 Å². The topological polar surface area (TPSA) is 76.9 Å². The van der Waals surface area contributed by atoms with Crippen molar-refractivity contribution in [3.63, 3.8) is 0 Å². The zero-order valence-electron chi connectivity index (χ0n) is 12.4. The Balaban J connectivity index is 1.59. The lowest BCUT2D eigenvalue weighted by atomic mass is 9.96. The molecule has 22 heavy (non-hydrogen) atoms. The van der Waals surface area contributed by atoms with Crippen LogP contribution in [0.2, 0.25) is 0 Å². The van der Waals surface area contributed by atoms with E-state index in [2.05, 4.69) is 27.6 Å². The summed E-state index contributed by atoms with van der Waals surface area (Å²) in [5.74, 6) is -0.117. The number of rotatable bonds is 6. The molecule has 0 saturated heterocycles. The van der Waals surface area contributed by atoms with E-state index in [-0.39, 0.29) is 17.9 Å². The van der Waals surface area contributed by atoms with Gasteiger partial charge >= 0.3 is 0 Å². The van der Waals surface area contributed by atoms with Gasteiger partial charge in [-0.3, -0.25) is 13.6 Å². The maximum atomic E-state index is 12.1. The van der Waals surface area contributed by atoms with Gasteiger partial charge in [0, 0.05) is 18.2 Å². The molecular formula is C15H18N4O2S. The first-order valence-corrected chi connectivity index (χ1v) is 8.70. The normalized spacial score (nSPS) is 17.0. The second kappa shape index (κ2) is 6.00. The summed E-state index contributed by atoms with van der Waals surface area (Å²) in [6.07, 6.45) is 5.13. The molecule has 1 aromatic carbocycles. The third-order valence-electron chi connectivity index (χ3n) is 4.01. The first-order chi connectivity index (χ1) is 10.6. The van der Waals surface area contributed by atoms with Crippen molar-refractivity contribution in [2.75, 3.05) is 12.8 Å². The highest BCUT2D eigenvalue weighted by Gasteiger charge is 2.44. The summed E-state index contributed by atoms with van der Waals surface area (Å²) in [6.45, 7) is 0.718. The van der Waals surface area contributed by atoms with Gasteiger partial charge in [-0.2, -0.15) is 0 Å². The molecule has 1 fully saturated rings. The second-order valence-electron chi connectivity index (χ2n) is 5.62. The Morgan fingerprint density at radius 3 is 2.73 bits per heavy atom. The number of amides is 1. The van der Waals surface area contributed by atoms with E-state index in [9.17, 15) is 9.00 Å². The fraction of sp³-hybridized carbons (Fsp3) is 0.400. The molecule has 1 aliphatic rings. The molecule has 116 valence electrons. The number of benzene rings is 1. The summed E-state index contributed by atoms with van der Waals surface area (Å²) >= 11 is 0. The Morgan fingerprint density at radius 2 is 2.09 bits per heavy atom. The predicted octanol–water partition coefficient (Wildman–Crippen LogP) is 0.863. The van der Waals surface area contributed by atoms with Gasteiger partial charge in [-0.1, -0.05) is 30.3 Å². The van der Waals surface area contributed by atoms with Gasteiger partial charge in [0.2, 0.25) is 11.1 Å². The van der Waals surface area contributed by atoms with Crippen molar-refractivity contribution in [2.24, 2.45) is 0 Å². The van der Waals surface area contributed by atoms with E-state index < -0.39 is 10.8 Å². The highest BCUT2D eigenvalue weighted by atomic mass is 32.2. The largest absolute Gasteiger partial charge is 0.354 e. The number of carbonyl (C=O) groups excluding carboxylic acids is 1. The van der Waals surface area contributed by atoms with Gasteiger partial charge in [-0.15, -0.1) is 10.2 Å². The minimum absolute atomic E-state index is 0.0838. The number of hydrogen-bond donors (Lipinski definition) is 1. The molecule has 0 aliphatic heterocycles. The summed E-state index contributed by atoms with van der Waals surface area (Å²) in [5, 5.41) is 10.8. The van der Waals surface area contributed by atoms with Crippen LogP contribution in [0.25, 0.3) is 0 Å². The van der Waals surface area contributed by atoms with Crippen LogP contribution in [-0.4, -0.2) is 37.7 Å². The minimum Gasteiger partial charge on any atom is -0.354 e. The van der Waals surface area contributed by atoms with Gasteiger partial charge < -0.3 is 5.32 Å². The molecular weight excluding hydrogens is 300 g/mol. The SMILES string of the molecule is C[S@@](=O)c1nncn1CC(=O)NCC1(c2ccccc2)CC1. The number of nitrogens with zero attached hydrogens (tertiary/aromatic N) is 3. The number of hydrogen-bond acceptors (Lipinski definition) is 4. The molecule has 1 heterocycles. The molecule has 1 saturated carbocycles. The van der Waals surface area contributed by atoms with Crippen LogP contribution in [0.15, 0.2) is 41.8 Å². The molecule has 1 aliphatic carbocycles. The van der Waals surface area contributed by atoms with E-state index in [0.29, 0.717) is 11.7 Å². The first-order valence-electron chi connectivity index (χ1n) is 7.14. The maximum absolute atomic E-state index is 12.1. The zero-order chi connectivity index (χ0) is 15.6. The van der Waals surface area contributed by atoms with Crippen molar-refractivity contribution >= 4 is 16.7 Å². The van der Waals surface area contributed by atoms with Crippen molar-refractivity contribution in [3.8, 4) is 0 Å². The van der Waals surface area contributed by atoms with Crippen molar-refractivity contribution in [3.05, 3.63) is 42.2 Å².